The van der Waals surface area contributed by atoms with E-state index in [-0.39, 0.29) is 42.5 Å². The minimum Gasteiger partial charge on any atom is -0.508 e. The van der Waals surface area contributed by atoms with Gasteiger partial charge in [-0.1, -0.05) is 0 Å². The van der Waals surface area contributed by atoms with E-state index in [1.165, 1.54) is 12.1 Å². The summed E-state index contributed by atoms with van der Waals surface area (Å²) in [7, 11) is 0. The molecule has 7 rings (SSSR count). The molecule has 0 amide bonds. The molecule has 3 aromatic heterocycles. The van der Waals surface area contributed by atoms with Crippen molar-refractivity contribution in [2.24, 2.45) is 0 Å². The van der Waals surface area contributed by atoms with Crippen molar-refractivity contribution in [3.05, 3.63) is 92.4 Å². The van der Waals surface area contributed by atoms with Crippen LogP contribution < -0.4 is 0 Å². The Morgan fingerprint density at radius 1 is 0.465 bits per heavy atom. The third-order valence-electron chi connectivity index (χ3n) is 7.01. The van der Waals surface area contributed by atoms with Crippen LogP contribution in [0.3, 0.4) is 0 Å². The van der Waals surface area contributed by atoms with Gasteiger partial charge in [0.2, 0.25) is 0 Å². The second-order valence-electron chi connectivity index (χ2n) is 9.86. The fourth-order valence-electron chi connectivity index (χ4n) is 5.22. The molecule has 2 aromatic carbocycles. The van der Waals surface area contributed by atoms with Gasteiger partial charge in [-0.15, -0.1) is 0 Å². The van der Waals surface area contributed by atoms with Gasteiger partial charge in [-0.05, 0) is 116 Å². The Balaban J connectivity index is 0.00000329. The number of halogens is 2. The van der Waals surface area contributed by atoms with Gasteiger partial charge < -0.3 is 30.4 Å². The van der Waals surface area contributed by atoms with Gasteiger partial charge in [0.15, 0.2) is 0 Å². The van der Waals surface area contributed by atoms with Gasteiger partial charge in [-0.3, -0.25) is 0 Å². The average Bonchev–Trinajstić information content (AvgIpc) is 3.75. The Kier molecular flexibility index (Phi) is 7.50. The first-order valence-corrected chi connectivity index (χ1v) is 14.4. The number of fused-ring (bicyclic) bond motifs is 8. The van der Waals surface area contributed by atoms with Crippen LogP contribution in [0.4, 0.5) is 0 Å². The predicted molar refractivity (Wildman–Crippen MR) is 172 cm³/mol. The Labute approximate surface area is 274 Å². The largest absolute Gasteiger partial charge is 0.508 e. The number of phenols is 4. The third-order valence-corrected chi connectivity index (χ3v) is 8.67. The molecule has 2 aliphatic rings. The van der Waals surface area contributed by atoms with Crippen LogP contribution in [0.2, 0.25) is 0 Å². The molecule has 0 spiro atoms. The van der Waals surface area contributed by atoms with Gasteiger partial charge in [-0.2, -0.15) is 0 Å². The number of hydrogen-bond donors (Lipinski definition) is 6. The standard InChI is InChI=1S/C32H20Br2N4O4.Zn/c33-31-25-5-1-21(35-25)29(15-9-17(39)13-18(40)10-15)22-2-6-27(36-22)32(34)28-8-4-24(38-28)30(23-3-7-26(31)37-23)16-11-19(41)14-20(42)12-16;/h1-14,35,38-42H;. The molecule has 0 fully saturated rings. The van der Waals surface area contributed by atoms with Gasteiger partial charge in [0, 0.05) is 53.8 Å². The number of aromatic amines is 2. The van der Waals surface area contributed by atoms with E-state index in [9.17, 15) is 20.4 Å². The topological polar surface area (TPSA) is 138 Å². The summed E-state index contributed by atoms with van der Waals surface area (Å²) < 4.78 is 1.42. The molecule has 5 aromatic rings. The first-order valence-electron chi connectivity index (χ1n) is 12.8. The maximum absolute atomic E-state index is 10.3. The molecule has 43 heavy (non-hydrogen) atoms. The minimum atomic E-state index is -0.0665. The van der Waals surface area contributed by atoms with Gasteiger partial charge in [0.05, 0.1) is 42.8 Å². The Morgan fingerprint density at radius 2 is 0.791 bits per heavy atom. The van der Waals surface area contributed by atoms with Crippen LogP contribution in [-0.2, 0) is 19.5 Å². The number of nitrogens with one attached hydrogen (secondary N) is 2. The molecule has 0 saturated carbocycles. The van der Waals surface area contributed by atoms with Gasteiger partial charge in [-0.25, -0.2) is 9.97 Å². The maximum atomic E-state index is 10.3. The van der Waals surface area contributed by atoms with Gasteiger partial charge in [0.25, 0.3) is 0 Å². The second kappa shape index (κ2) is 11.1. The van der Waals surface area contributed by atoms with E-state index >= 15 is 0 Å². The number of rotatable bonds is 2. The molecule has 8 bridgehead atoms. The normalized spacial score (nSPS) is 12.0. The number of aromatic nitrogens is 4. The molecule has 8 nitrogen and oxygen atoms in total. The third kappa shape index (κ3) is 5.29. The van der Waals surface area contributed by atoms with Crippen molar-refractivity contribution < 1.29 is 39.9 Å². The van der Waals surface area contributed by atoms with Crippen molar-refractivity contribution in [3.8, 4) is 45.3 Å². The molecular weight excluding hydrogens is 730 g/mol. The van der Waals surface area contributed by atoms with E-state index in [0.717, 1.165) is 22.1 Å². The minimum absolute atomic E-state index is 0. The second-order valence-corrected chi connectivity index (χ2v) is 11.4. The summed E-state index contributed by atoms with van der Waals surface area (Å²) in [6, 6.07) is 16.5. The van der Waals surface area contributed by atoms with Gasteiger partial charge >= 0.3 is 0 Å². The van der Waals surface area contributed by atoms with Crippen molar-refractivity contribution >= 4 is 78.2 Å². The smallest absolute Gasteiger partial charge is 0.119 e. The van der Waals surface area contributed by atoms with E-state index in [1.807, 2.05) is 48.6 Å². The first-order chi connectivity index (χ1) is 20.2. The van der Waals surface area contributed by atoms with Crippen LogP contribution in [0, 0.1) is 0 Å². The maximum Gasteiger partial charge on any atom is 0.119 e. The predicted octanol–water partition coefficient (Wildman–Crippen LogP) is 8.33. The van der Waals surface area contributed by atoms with E-state index in [1.54, 1.807) is 24.3 Å². The van der Waals surface area contributed by atoms with Crippen LogP contribution in [0.15, 0.2) is 69.6 Å². The number of benzene rings is 2. The van der Waals surface area contributed by atoms with Crippen LogP contribution >= 0.6 is 31.9 Å². The molecule has 5 heterocycles. The quantitative estimate of drug-likeness (QED) is 0.0984. The number of hydrogen-bond acceptors (Lipinski definition) is 6. The summed E-state index contributed by atoms with van der Waals surface area (Å²) in [5, 5.41) is 41.1. The molecule has 6 N–H and O–H groups in total. The van der Waals surface area contributed by atoms with Crippen molar-refractivity contribution in [1.29, 1.82) is 0 Å². The van der Waals surface area contributed by atoms with E-state index in [2.05, 4.69) is 41.8 Å². The molecule has 0 saturated heterocycles. The average molecular weight is 750 g/mol. The monoisotopic (exact) mass is 746 g/mol. The number of phenolic OH excluding ortho intramolecular Hbond substituents is 4. The van der Waals surface area contributed by atoms with Crippen molar-refractivity contribution in [2.45, 2.75) is 0 Å². The zero-order valence-electron chi connectivity index (χ0n) is 22.2. The van der Waals surface area contributed by atoms with Crippen LogP contribution in [-0.4, -0.2) is 40.4 Å². The number of aromatic hydroxyl groups is 4. The van der Waals surface area contributed by atoms with E-state index in [4.69, 9.17) is 9.97 Å². The summed E-state index contributed by atoms with van der Waals surface area (Å²) >= 11 is 7.43. The summed E-state index contributed by atoms with van der Waals surface area (Å²) in [6.45, 7) is 0. The molecule has 208 valence electrons. The van der Waals surface area contributed by atoms with Crippen LogP contribution in [0.5, 0.6) is 23.0 Å². The fourth-order valence-corrected chi connectivity index (χ4v) is 6.13. The summed E-state index contributed by atoms with van der Waals surface area (Å²) in [4.78, 5) is 16.7. The van der Waals surface area contributed by atoms with Crippen molar-refractivity contribution in [2.75, 3.05) is 0 Å². The molecule has 0 atom stereocenters. The molecule has 0 aliphatic carbocycles. The number of H-pyrrole nitrogens is 2. The van der Waals surface area contributed by atoms with E-state index in [0.29, 0.717) is 54.0 Å². The fraction of sp³-hybridized carbons (Fsp3) is 0. The van der Waals surface area contributed by atoms with Crippen LogP contribution in [0.1, 0.15) is 22.8 Å². The van der Waals surface area contributed by atoms with E-state index < -0.39 is 0 Å². The summed E-state index contributed by atoms with van der Waals surface area (Å²) in [5.74, 6) is -0.266. The SMILES string of the molecule is Oc1cc(O)cc(-c2c3nc(c(Br)c4ccc([nH]4)c(-c4cc(O)cc(O)c4)c4nc(c(Br)c5ccc2[nH]5)C=C4)C=C3)c1.[Zn]. The zero-order valence-corrected chi connectivity index (χ0v) is 28.4. The zero-order chi connectivity index (χ0) is 29.1. The number of nitrogens with zero attached hydrogens (tertiary/aromatic N) is 2. The molecular formula is C32H20Br2N4O4Zn. The van der Waals surface area contributed by atoms with Crippen LogP contribution in [0.25, 0.3) is 68.6 Å². The summed E-state index contributed by atoms with van der Waals surface area (Å²) in [6.07, 6.45) is 7.53. The molecule has 11 heteroatoms. The summed E-state index contributed by atoms with van der Waals surface area (Å²) in [5.41, 5.74) is 8.08. The Bertz CT molecular complexity index is 1990. The molecule has 0 radical (unpaired) electrons. The Morgan fingerprint density at radius 3 is 1.16 bits per heavy atom. The van der Waals surface area contributed by atoms with Crippen molar-refractivity contribution in [3.63, 3.8) is 0 Å². The first kappa shape index (κ1) is 28.9. The van der Waals surface area contributed by atoms with Crippen molar-refractivity contribution in [1.82, 2.24) is 19.9 Å². The molecule has 2 aliphatic heterocycles. The van der Waals surface area contributed by atoms with Gasteiger partial charge in [0.1, 0.15) is 23.0 Å². The molecule has 0 unspecified atom stereocenters. The Hall–Kier alpha value is -4.18.